The van der Waals surface area contributed by atoms with Crippen LogP contribution in [0.3, 0.4) is 0 Å². The van der Waals surface area contributed by atoms with Crippen molar-refractivity contribution in [1.29, 1.82) is 0 Å². The first kappa shape index (κ1) is 13.3. The predicted molar refractivity (Wildman–Crippen MR) is 76.8 cm³/mol. The molecule has 0 spiro atoms. The van der Waals surface area contributed by atoms with Crippen LogP contribution < -0.4 is 5.73 Å². The highest BCUT2D eigenvalue weighted by Gasteiger charge is 2.31. The summed E-state index contributed by atoms with van der Waals surface area (Å²) in [6, 6.07) is 6.34. The van der Waals surface area contributed by atoms with Gasteiger partial charge in [0.1, 0.15) is 0 Å². The highest BCUT2D eigenvalue weighted by atomic mass is 35.5. The van der Waals surface area contributed by atoms with E-state index >= 15 is 0 Å². The highest BCUT2D eigenvalue weighted by molar-refractivity contribution is 8.00. The molecule has 0 aromatic heterocycles. The Hall–Kier alpha value is -0.180. The summed E-state index contributed by atoms with van der Waals surface area (Å²) in [4.78, 5) is 1.16. The van der Waals surface area contributed by atoms with E-state index in [2.05, 4.69) is 32.0 Å². The van der Waals surface area contributed by atoms with Crippen molar-refractivity contribution in [1.82, 2.24) is 0 Å². The third kappa shape index (κ3) is 2.98. The molecule has 3 heteroatoms. The van der Waals surface area contributed by atoms with Crippen LogP contribution in [-0.4, -0.2) is 5.25 Å². The van der Waals surface area contributed by atoms with Gasteiger partial charge in [-0.2, -0.15) is 0 Å². The summed E-state index contributed by atoms with van der Waals surface area (Å²) < 4.78 is 0. The van der Waals surface area contributed by atoms with Gasteiger partial charge in [0.25, 0.3) is 0 Å². The largest absolute Gasteiger partial charge is 0.321 e. The average Bonchev–Trinajstić information content (AvgIpc) is 2.69. The van der Waals surface area contributed by atoms with E-state index in [0.29, 0.717) is 5.25 Å². The fraction of sp³-hybridized carbons (Fsp3) is 0.571. The number of hydrogen-bond donors (Lipinski definition) is 1. The summed E-state index contributed by atoms with van der Waals surface area (Å²) >= 11 is 8.14. The number of halogens is 1. The Morgan fingerprint density at radius 2 is 1.94 bits per heavy atom. The van der Waals surface area contributed by atoms with Gasteiger partial charge in [-0.15, -0.1) is 11.8 Å². The van der Waals surface area contributed by atoms with Crippen LogP contribution in [0.4, 0.5) is 0 Å². The lowest BCUT2D eigenvalue weighted by Gasteiger charge is -2.25. The zero-order valence-corrected chi connectivity index (χ0v) is 12.1. The molecular formula is C14H20ClNS. The Kier molecular flexibility index (Phi) is 4.06. The van der Waals surface area contributed by atoms with E-state index in [-0.39, 0.29) is 5.54 Å². The Labute approximate surface area is 113 Å². The highest BCUT2D eigenvalue weighted by Crippen LogP contribution is 2.39. The molecule has 2 rings (SSSR count). The van der Waals surface area contributed by atoms with Gasteiger partial charge in [-0.1, -0.05) is 44.4 Å². The first-order chi connectivity index (χ1) is 8.01. The third-order valence-corrected chi connectivity index (χ3v) is 4.87. The van der Waals surface area contributed by atoms with E-state index in [1.165, 1.54) is 18.4 Å². The maximum atomic E-state index is 6.44. The SMILES string of the molecule is CC(C)Sc1ccc(C2(N)CCCC2)cc1Cl. The summed E-state index contributed by atoms with van der Waals surface area (Å²) in [5, 5.41) is 1.40. The van der Waals surface area contributed by atoms with Crippen LogP contribution in [0.25, 0.3) is 0 Å². The summed E-state index contributed by atoms with van der Waals surface area (Å²) in [5.41, 5.74) is 7.50. The summed E-state index contributed by atoms with van der Waals surface area (Å²) in [7, 11) is 0. The van der Waals surface area contributed by atoms with E-state index in [1.54, 1.807) is 11.8 Å². The number of thioether (sulfide) groups is 1. The van der Waals surface area contributed by atoms with Crippen molar-refractivity contribution in [2.24, 2.45) is 5.73 Å². The molecule has 17 heavy (non-hydrogen) atoms. The van der Waals surface area contributed by atoms with Crippen LogP contribution in [0, 0.1) is 0 Å². The van der Waals surface area contributed by atoms with E-state index in [0.717, 1.165) is 22.8 Å². The molecule has 1 fully saturated rings. The summed E-state index contributed by atoms with van der Waals surface area (Å²) in [5.74, 6) is 0. The van der Waals surface area contributed by atoms with Crippen LogP contribution in [0.2, 0.25) is 5.02 Å². The van der Waals surface area contributed by atoms with Crippen molar-refractivity contribution < 1.29 is 0 Å². The molecule has 2 N–H and O–H groups in total. The van der Waals surface area contributed by atoms with E-state index in [9.17, 15) is 0 Å². The zero-order valence-electron chi connectivity index (χ0n) is 10.5. The Bertz CT molecular complexity index is 397. The number of rotatable bonds is 3. The lowest BCUT2D eigenvalue weighted by Crippen LogP contribution is -2.32. The van der Waals surface area contributed by atoms with Crippen molar-refractivity contribution in [3.8, 4) is 0 Å². The smallest absolute Gasteiger partial charge is 0.0545 e. The van der Waals surface area contributed by atoms with Gasteiger partial charge in [-0.3, -0.25) is 0 Å². The van der Waals surface area contributed by atoms with Gasteiger partial charge in [0.2, 0.25) is 0 Å². The maximum Gasteiger partial charge on any atom is 0.0545 e. The first-order valence-electron chi connectivity index (χ1n) is 6.27. The van der Waals surface area contributed by atoms with Gasteiger partial charge in [-0.05, 0) is 30.5 Å². The molecule has 0 bridgehead atoms. The molecule has 1 aromatic carbocycles. The molecule has 0 saturated heterocycles. The van der Waals surface area contributed by atoms with Crippen LogP contribution in [0.5, 0.6) is 0 Å². The second kappa shape index (κ2) is 5.21. The maximum absolute atomic E-state index is 6.44. The second-order valence-electron chi connectivity index (χ2n) is 5.18. The summed E-state index contributed by atoms with van der Waals surface area (Å²) in [6.07, 6.45) is 4.63. The van der Waals surface area contributed by atoms with Crippen LogP contribution in [0.15, 0.2) is 23.1 Å². The van der Waals surface area contributed by atoms with Crippen molar-refractivity contribution in [2.45, 2.75) is 55.2 Å². The predicted octanol–water partition coefficient (Wildman–Crippen LogP) is 4.57. The Morgan fingerprint density at radius 1 is 1.29 bits per heavy atom. The van der Waals surface area contributed by atoms with Gasteiger partial charge in [0, 0.05) is 15.7 Å². The molecule has 1 aliphatic rings. The topological polar surface area (TPSA) is 26.0 Å². The van der Waals surface area contributed by atoms with Gasteiger partial charge >= 0.3 is 0 Å². The van der Waals surface area contributed by atoms with Gasteiger partial charge < -0.3 is 5.73 Å². The molecule has 1 saturated carbocycles. The van der Waals surface area contributed by atoms with Crippen LogP contribution in [0.1, 0.15) is 45.1 Å². The second-order valence-corrected chi connectivity index (χ2v) is 7.20. The molecule has 0 radical (unpaired) electrons. The Morgan fingerprint density at radius 3 is 2.47 bits per heavy atom. The average molecular weight is 270 g/mol. The lowest BCUT2D eigenvalue weighted by molar-refractivity contribution is 0.461. The van der Waals surface area contributed by atoms with Gasteiger partial charge in [0.05, 0.1) is 5.02 Å². The molecule has 0 aliphatic heterocycles. The molecule has 94 valence electrons. The third-order valence-electron chi connectivity index (χ3n) is 3.37. The number of hydrogen-bond acceptors (Lipinski definition) is 2. The number of benzene rings is 1. The van der Waals surface area contributed by atoms with Crippen molar-refractivity contribution in [3.05, 3.63) is 28.8 Å². The van der Waals surface area contributed by atoms with Gasteiger partial charge in [-0.25, -0.2) is 0 Å². The van der Waals surface area contributed by atoms with Crippen molar-refractivity contribution in [3.63, 3.8) is 0 Å². The monoisotopic (exact) mass is 269 g/mol. The zero-order chi connectivity index (χ0) is 12.5. The van der Waals surface area contributed by atoms with Crippen molar-refractivity contribution >= 4 is 23.4 Å². The minimum atomic E-state index is -0.134. The van der Waals surface area contributed by atoms with E-state index in [1.807, 2.05) is 0 Å². The molecule has 0 unspecified atom stereocenters. The fourth-order valence-corrected chi connectivity index (χ4v) is 3.59. The fourth-order valence-electron chi connectivity index (χ4n) is 2.45. The normalized spacial score (nSPS) is 18.9. The summed E-state index contributed by atoms with van der Waals surface area (Å²) in [6.45, 7) is 4.35. The quantitative estimate of drug-likeness (QED) is 0.814. The van der Waals surface area contributed by atoms with Crippen LogP contribution in [-0.2, 0) is 5.54 Å². The minimum absolute atomic E-state index is 0.134. The molecule has 1 nitrogen and oxygen atoms in total. The molecule has 1 aromatic rings. The van der Waals surface area contributed by atoms with Crippen molar-refractivity contribution in [2.75, 3.05) is 0 Å². The molecule has 0 heterocycles. The number of nitrogens with two attached hydrogens (primary N) is 1. The van der Waals surface area contributed by atoms with Gasteiger partial charge in [0.15, 0.2) is 0 Å². The molecule has 0 amide bonds. The molecule has 0 atom stereocenters. The lowest BCUT2D eigenvalue weighted by atomic mass is 9.89. The standard InChI is InChI=1S/C14H20ClNS/c1-10(2)17-13-6-5-11(9-12(13)15)14(16)7-3-4-8-14/h5-6,9-10H,3-4,7-8,16H2,1-2H3. The molecular weight excluding hydrogens is 250 g/mol. The Balaban J connectivity index is 2.24. The minimum Gasteiger partial charge on any atom is -0.321 e. The van der Waals surface area contributed by atoms with E-state index in [4.69, 9.17) is 17.3 Å². The van der Waals surface area contributed by atoms with E-state index < -0.39 is 0 Å². The first-order valence-corrected chi connectivity index (χ1v) is 7.52. The molecule has 1 aliphatic carbocycles. The van der Waals surface area contributed by atoms with Crippen LogP contribution >= 0.6 is 23.4 Å².